The van der Waals surface area contributed by atoms with E-state index < -0.39 is 0 Å². The second-order valence-electron chi connectivity index (χ2n) is 5.72. The van der Waals surface area contributed by atoms with E-state index in [1.54, 1.807) is 26.6 Å². The Bertz CT molecular complexity index is 655. The zero-order chi connectivity index (χ0) is 16.8. The fraction of sp³-hybridized carbons (Fsp3) is 0.444. The fourth-order valence-corrected chi connectivity index (χ4v) is 2.66. The lowest BCUT2D eigenvalue weighted by atomic mass is 10.1. The van der Waals surface area contributed by atoms with E-state index >= 15 is 0 Å². The van der Waals surface area contributed by atoms with Crippen LogP contribution in [0.5, 0.6) is 17.5 Å². The van der Waals surface area contributed by atoms with Gasteiger partial charge in [0.05, 0.1) is 20.8 Å². The van der Waals surface area contributed by atoms with Crippen LogP contribution in [0.3, 0.4) is 0 Å². The number of nitrogens with zero attached hydrogens (tertiary/aromatic N) is 2. The molecular formula is C18H22N2O4. The van der Waals surface area contributed by atoms with Gasteiger partial charge in [0.1, 0.15) is 11.5 Å². The van der Waals surface area contributed by atoms with Crippen LogP contribution in [0.25, 0.3) is 11.1 Å². The maximum Gasteiger partial charge on any atom is 0.316 e. The lowest BCUT2D eigenvalue weighted by Crippen LogP contribution is -2.07. The summed E-state index contributed by atoms with van der Waals surface area (Å²) >= 11 is 0. The van der Waals surface area contributed by atoms with Gasteiger partial charge in [0.15, 0.2) is 0 Å². The fourth-order valence-electron chi connectivity index (χ4n) is 2.66. The summed E-state index contributed by atoms with van der Waals surface area (Å²) in [5, 5.41) is 0. The van der Waals surface area contributed by atoms with Gasteiger partial charge < -0.3 is 18.9 Å². The molecule has 0 aliphatic carbocycles. The summed E-state index contributed by atoms with van der Waals surface area (Å²) in [6.07, 6.45) is 5.56. The Kier molecular flexibility index (Phi) is 5.48. The quantitative estimate of drug-likeness (QED) is 0.778. The topological polar surface area (TPSA) is 62.7 Å². The number of rotatable bonds is 7. The maximum absolute atomic E-state index is 5.92. The Hall–Kier alpha value is -2.34. The molecule has 1 unspecified atom stereocenters. The highest BCUT2D eigenvalue weighted by molar-refractivity contribution is 5.65. The van der Waals surface area contributed by atoms with E-state index in [0.29, 0.717) is 18.5 Å². The van der Waals surface area contributed by atoms with Gasteiger partial charge in [0, 0.05) is 37.2 Å². The summed E-state index contributed by atoms with van der Waals surface area (Å²) in [6, 6.07) is 6.14. The minimum Gasteiger partial charge on any atom is -0.497 e. The maximum atomic E-state index is 5.92. The van der Waals surface area contributed by atoms with Crippen LogP contribution in [0.1, 0.15) is 12.8 Å². The molecule has 1 atom stereocenters. The molecule has 1 aliphatic heterocycles. The Balaban J connectivity index is 1.71. The van der Waals surface area contributed by atoms with Crippen LogP contribution in [0.4, 0.5) is 0 Å². The van der Waals surface area contributed by atoms with Crippen molar-refractivity contribution in [1.29, 1.82) is 0 Å². The largest absolute Gasteiger partial charge is 0.497 e. The van der Waals surface area contributed by atoms with Crippen molar-refractivity contribution in [2.24, 2.45) is 5.92 Å². The Morgan fingerprint density at radius 3 is 2.50 bits per heavy atom. The highest BCUT2D eigenvalue weighted by atomic mass is 16.5. The Labute approximate surface area is 141 Å². The van der Waals surface area contributed by atoms with E-state index in [1.165, 1.54) is 0 Å². The van der Waals surface area contributed by atoms with Crippen LogP contribution in [-0.2, 0) is 4.74 Å². The third-order valence-corrected chi connectivity index (χ3v) is 4.08. The first-order chi connectivity index (χ1) is 11.8. The molecule has 1 aliphatic rings. The van der Waals surface area contributed by atoms with E-state index in [9.17, 15) is 0 Å². The smallest absolute Gasteiger partial charge is 0.316 e. The standard InChI is InChI=1S/C18H22N2O4/c1-21-16-7-14(15-10-19-18(22-2)20-11-15)8-17(9-16)24-6-4-13-3-5-23-12-13/h7-11,13H,3-6,12H2,1-2H3. The van der Waals surface area contributed by atoms with Gasteiger partial charge >= 0.3 is 6.01 Å². The molecule has 1 aromatic carbocycles. The van der Waals surface area contributed by atoms with Crippen molar-refractivity contribution in [3.8, 4) is 28.6 Å². The van der Waals surface area contributed by atoms with Crippen LogP contribution >= 0.6 is 0 Å². The van der Waals surface area contributed by atoms with Gasteiger partial charge in [-0.15, -0.1) is 0 Å². The monoisotopic (exact) mass is 330 g/mol. The second kappa shape index (κ2) is 7.97. The molecule has 0 N–H and O–H groups in total. The molecule has 2 heterocycles. The number of ether oxygens (including phenoxy) is 4. The molecule has 0 saturated carbocycles. The molecule has 1 saturated heterocycles. The highest BCUT2D eigenvalue weighted by Gasteiger charge is 2.15. The van der Waals surface area contributed by atoms with E-state index in [0.717, 1.165) is 48.7 Å². The minimum absolute atomic E-state index is 0.344. The van der Waals surface area contributed by atoms with Gasteiger partial charge in [0.25, 0.3) is 0 Å². The third kappa shape index (κ3) is 4.14. The number of benzene rings is 1. The molecule has 0 bridgehead atoms. The van der Waals surface area contributed by atoms with E-state index in [4.69, 9.17) is 18.9 Å². The molecule has 2 aromatic rings. The lowest BCUT2D eigenvalue weighted by Gasteiger charge is -2.12. The first kappa shape index (κ1) is 16.5. The van der Waals surface area contributed by atoms with Crippen LogP contribution in [0.2, 0.25) is 0 Å². The van der Waals surface area contributed by atoms with E-state index in [-0.39, 0.29) is 0 Å². The Morgan fingerprint density at radius 2 is 1.83 bits per heavy atom. The van der Waals surface area contributed by atoms with Crippen molar-refractivity contribution in [2.75, 3.05) is 34.0 Å². The number of hydrogen-bond acceptors (Lipinski definition) is 6. The molecule has 128 valence electrons. The van der Waals surface area contributed by atoms with Gasteiger partial charge in [0.2, 0.25) is 0 Å². The van der Waals surface area contributed by atoms with Gasteiger partial charge in [-0.25, -0.2) is 9.97 Å². The van der Waals surface area contributed by atoms with Gasteiger partial charge in [-0.1, -0.05) is 0 Å². The molecular weight excluding hydrogens is 308 g/mol. The normalized spacial score (nSPS) is 16.8. The van der Waals surface area contributed by atoms with E-state index in [2.05, 4.69) is 9.97 Å². The second-order valence-corrected chi connectivity index (χ2v) is 5.72. The van der Waals surface area contributed by atoms with Crippen molar-refractivity contribution in [2.45, 2.75) is 12.8 Å². The zero-order valence-corrected chi connectivity index (χ0v) is 14.0. The number of aromatic nitrogens is 2. The average molecular weight is 330 g/mol. The minimum atomic E-state index is 0.344. The molecule has 0 radical (unpaired) electrons. The number of methoxy groups -OCH3 is 2. The van der Waals surface area contributed by atoms with Crippen molar-refractivity contribution >= 4 is 0 Å². The van der Waals surface area contributed by atoms with Crippen LogP contribution < -0.4 is 14.2 Å². The summed E-state index contributed by atoms with van der Waals surface area (Å²) < 4.78 is 21.7. The average Bonchev–Trinajstić information content (AvgIpc) is 3.15. The molecule has 1 aromatic heterocycles. The summed E-state index contributed by atoms with van der Waals surface area (Å²) in [5.41, 5.74) is 1.82. The van der Waals surface area contributed by atoms with Crippen molar-refractivity contribution in [1.82, 2.24) is 9.97 Å². The van der Waals surface area contributed by atoms with E-state index in [1.807, 2.05) is 18.2 Å². The molecule has 0 spiro atoms. The Morgan fingerprint density at radius 1 is 1.04 bits per heavy atom. The summed E-state index contributed by atoms with van der Waals surface area (Å²) in [4.78, 5) is 8.29. The summed E-state index contributed by atoms with van der Waals surface area (Å²) in [5.74, 6) is 2.12. The first-order valence-electron chi connectivity index (χ1n) is 8.04. The van der Waals surface area contributed by atoms with Crippen molar-refractivity contribution in [3.05, 3.63) is 30.6 Å². The summed E-state index contributed by atoms with van der Waals surface area (Å²) in [6.45, 7) is 2.38. The number of hydrogen-bond donors (Lipinski definition) is 0. The van der Waals surface area contributed by atoms with Gasteiger partial charge in [-0.3, -0.25) is 0 Å². The molecule has 1 fully saturated rings. The van der Waals surface area contributed by atoms with Gasteiger partial charge in [-0.2, -0.15) is 0 Å². The van der Waals surface area contributed by atoms with Gasteiger partial charge in [-0.05, 0) is 36.5 Å². The molecule has 0 amide bonds. The van der Waals surface area contributed by atoms with Crippen molar-refractivity contribution in [3.63, 3.8) is 0 Å². The molecule has 3 rings (SSSR count). The third-order valence-electron chi connectivity index (χ3n) is 4.08. The van der Waals surface area contributed by atoms with Crippen LogP contribution in [0.15, 0.2) is 30.6 Å². The van der Waals surface area contributed by atoms with Crippen LogP contribution in [-0.4, -0.2) is 44.0 Å². The van der Waals surface area contributed by atoms with Crippen molar-refractivity contribution < 1.29 is 18.9 Å². The summed E-state index contributed by atoms with van der Waals surface area (Å²) in [7, 11) is 3.19. The predicted octanol–water partition coefficient (Wildman–Crippen LogP) is 2.97. The predicted molar refractivity (Wildman–Crippen MR) is 89.6 cm³/mol. The first-order valence-corrected chi connectivity index (χ1v) is 8.04. The SMILES string of the molecule is COc1cc(OCCC2CCOC2)cc(-c2cnc(OC)nc2)c1. The zero-order valence-electron chi connectivity index (χ0n) is 14.0. The molecule has 24 heavy (non-hydrogen) atoms. The highest BCUT2D eigenvalue weighted by Crippen LogP contribution is 2.30. The molecule has 6 heteroatoms. The van der Waals surface area contributed by atoms with Crippen LogP contribution in [0, 0.1) is 5.92 Å². The lowest BCUT2D eigenvalue weighted by molar-refractivity contribution is 0.178. The molecule has 6 nitrogen and oxygen atoms in total.